The van der Waals surface area contributed by atoms with Gasteiger partial charge in [0.15, 0.2) is 5.78 Å². The zero-order valence-electron chi connectivity index (χ0n) is 11.0. The van der Waals surface area contributed by atoms with Gasteiger partial charge in [-0.1, -0.05) is 17.7 Å². The molecule has 1 aromatic carbocycles. The summed E-state index contributed by atoms with van der Waals surface area (Å²) in [5.41, 5.74) is -0.355. The van der Waals surface area contributed by atoms with E-state index in [0.29, 0.717) is 32.7 Å². The number of ketones is 1. The highest BCUT2D eigenvalue weighted by Crippen LogP contribution is 2.38. The highest BCUT2D eigenvalue weighted by atomic mass is 35.5. The van der Waals surface area contributed by atoms with E-state index >= 15 is 0 Å². The molecule has 0 N–H and O–H groups in total. The Balaban J connectivity index is 1.83. The van der Waals surface area contributed by atoms with Crippen molar-refractivity contribution in [2.24, 2.45) is 5.92 Å². The van der Waals surface area contributed by atoms with Gasteiger partial charge in [-0.05, 0) is 25.0 Å². The lowest BCUT2D eigenvalue weighted by Crippen LogP contribution is -2.42. The molecule has 3 nitrogen and oxygen atoms in total. The Kier molecular flexibility index (Phi) is 3.80. The molecule has 2 aliphatic heterocycles. The molecule has 5 heteroatoms. The van der Waals surface area contributed by atoms with Gasteiger partial charge in [-0.15, -0.1) is 0 Å². The maximum Gasteiger partial charge on any atom is 0.170 e. The highest BCUT2D eigenvalue weighted by molar-refractivity contribution is 6.34. The molecular weight excluding hydrogens is 283 g/mol. The first-order valence-corrected chi connectivity index (χ1v) is 7.19. The van der Waals surface area contributed by atoms with Crippen LogP contribution >= 0.6 is 11.6 Å². The molecule has 0 bridgehead atoms. The molecule has 1 spiro atoms. The third-order valence-corrected chi connectivity index (χ3v) is 4.46. The summed E-state index contributed by atoms with van der Waals surface area (Å²) in [7, 11) is 0. The van der Waals surface area contributed by atoms with Crippen LogP contribution in [0.4, 0.5) is 4.39 Å². The normalized spacial score (nSPS) is 29.8. The second-order valence-electron chi connectivity index (χ2n) is 5.48. The van der Waals surface area contributed by atoms with Gasteiger partial charge >= 0.3 is 0 Å². The summed E-state index contributed by atoms with van der Waals surface area (Å²) in [4.78, 5) is 12.6. The molecule has 2 aliphatic rings. The minimum atomic E-state index is -0.550. The molecule has 1 aromatic rings. The van der Waals surface area contributed by atoms with E-state index in [1.165, 1.54) is 12.1 Å². The first kappa shape index (κ1) is 14.0. The number of benzene rings is 1. The van der Waals surface area contributed by atoms with E-state index in [0.717, 1.165) is 6.42 Å². The molecule has 0 aliphatic carbocycles. The predicted molar refractivity (Wildman–Crippen MR) is 72.6 cm³/mol. The quantitative estimate of drug-likeness (QED) is 0.786. The Morgan fingerprint density at radius 3 is 2.95 bits per heavy atom. The molecule has 0 amide bonds. The van der Waals surface area contributed by atoms with Gasteiger partial charge in [-0.3, -0.25) is 4.79 Å². The van der Waals surface area contributed by atoms with Crippen molar-refractivity contribution in [1.82, 2.24) is 0 Å². The third-order valence-electron chi connectivity index (χ3n) is 4.14. The van der Waals surface area contributed by atoms with Crippen molar-refractivity contribution < 1.29 is 18.7 Å². The van der Waals surface area contributed by atoms with Gasteiger partial charge < -0.3 is 9.47 Å². The Morgan fingerprint density at radius 2 is 2.25 bits per heavy atom. The van der Waals surface area contributed by atoms with Crippen LogP contribution < -0.4 is 0 Å². The summed E-state index contributed by atoms with van der Waals surface area (Å²) >= 11 is 5.98. The lowest BCUT2D eigenvalue weighted by molar-refractivity contribution is -0.0921. The van der Waals surface area contributed by atoms with Gasteiger partial charge in [-0.2, -0.15) is 0 Å². The van der Waals surface area contributed by atoms with E-state index in [4.69, 9.17) is 21.1 Å². The van der Waals surface area contributed by atoms with E-state index in [9.17, 15) is 9.18 Å². The van der Waals surface area contributed by atoms with Crippen molar-refractivity contribution in [2.75, 3.05) is 19.8 Å². The molecule has 108 valence electrons. The number of hydrogen-bond donors (Lipinski definition) is 0. The Hall–Kier alpha value is -0.970. The fraction of sp³-hybridized carbons (Fsp3) is 0.533. The summed E-state index contributed by atoms with van der Waals surface area (Å²) in [6, 6.07) is 4.32. The van der Waals surface area contributed by atoms with Gasteiger partial charge in [0.1, 0.15) is 5.82 Å². The lowest BCUT2D eigenvalue weighted by atomic mass is 9.81. The van der Waals surface area contributed by atoms with Crippen LogP contribution in [0.5, 0.6) is 0 Å². The molecule has 0 aromatic heterocycles. The van der Waals surface area contributed by atoms with Crippen molar-refractivity contribution in [3.8, 4) is 0 Å². The van der Waals surface area contributed by atoms with Crippen LogP contribution in [0.15, 0.2) is 18.2 Å². The summed E-state index contributed by atoms with van der Waals surface area (Å²) in [5, 5.41) is 0.179. The average molecular weight is 299 g/mol. The second-order valence-corrected chi connectivity index (χ2v) is 5.89. The molecule has 3 rings (SSSR count). The molecule has 2 heterocycles. The lowest BCUT2D eigenvalue weighted by Gasteiger charge is -2.36. The molecule has 2 saturated heterocycles. The van der Waals surface area contributed by atoms with Crippen LogP contribution in [0.2, 0.25) is 5.02 Å². The molecule has 2 unspecified atom stereocenters. The summed E-state index contributed by atoms with van der Waals surface area (Å²) in [6.07, 6.45) is 1.98. The van der Waals surface area contributed by atoms with Gasteiger partial charge in [0.25, 0.3) is 0 Å². The molecule has 2 fully saturated rings. The number of ether oxygens (including phenoxy) is 2. The van der Waals surface area contributed by atoms with Crippen LogP contribution in [0, 0.1) is 11.7 Å². The molecule has 20 heavy (non-hydrogen) atoms. The van der Waals surface area contributed by atoms with Gasteiger partial charge in [0.05, 0.1) is 22.8 Å². The molecular formula is C15H16ClFO3. The summed E-state index contributed by atoms with van der Waals surface area (Å²) < 4.78 is 25.0. The zero-order chi connectivity index (χ0) is 14.2. The van der Waals surface area contributed by atoms with Gasteiger partial charge in [0, 0.05) is 25.6 Å². The number of hydrogen-bond acceptors (Lipinski definition) is 3. The summed E-state index contributed by atoms with van der Waals surface area (Å²) in [6.45, 7) is 1.68. The zero-order valence-corrected chi connectivity index (χ0v) is 11.8. The van der Waals surface area contributed by atoms with E-state index in [1.807, 2.05) is 0 Å². The van der Waals surface area contributed by atoms with Gasteiger partial charge in [-0.25, -0.2) is 4.39 Å². The molecule has 0 radical (unpaired) electrons. The number of rotatable bonds is 2. The van der Waals surface area contributed by atoms with E-state index in [1.54, 1.807) is 6.07 Å². The number of Topliss-reactive ketones (excluding diaryl/α,β-unsaturated/α-hetero) is 1. The number of halogens is 2. The topological polar surface area (TPSA) is 35.5 Å². The predicted octanol–water partition coefficient (Wildman–Crippen LogP) is 3.25. The van der Waals surface area contributed by atoms with Crippen molar-refractivity contribution in [2.45, 2.75) is 24.9 Å². The highest BCUT2D eigenvalue weighted by Gasteiger charge is 2.43. The Labute approximate surface area is 122 Å². The smallest absolute Gasteiger partial charge is 0.170 e. The van der Waals surface area contributed by atoms with E-state index in [-0.39, 0.29) is 27.9 Å². The third kappa shape index (κ3) is 2.48. The van der Waals surface area contributed by atoms with Crippen LogP contribution in [0.3, 0.4) is 0 Å². The maximum atomic E-state index is 13.9. The van der Waals surface area contributed by atoms with E-state index in [2.05, 4.69) is 0 Å². The van der Waals surface area contributed by atoms with Crippen molar-refractivity contribution in [3.63, 3.8) is 0 Å². The van der Waals surface area contributed by atoms with Gasteiger partial charge in [0.2, 0.25) is 0 Å². The van der Waals surface area contributed by atoms with Crippen molar-refractivity contribution >= 4 is 17.4 Å². The first-order valence-electron chi connectivity index (χ1n) is 6.81. The van der Waals surface area contributed by atoms with Crippen molar-refractivity contribution in [3.05, 3.63) is 34.6 Å². The number of carbonyl (C=O) groups excluding carboxylic acids is 1. The van der Waals surface area contributed by atoms with E-state index < -0.39 is 5.82 Å². The second kappa shape index (κ2) is 5.43. The minimum absolute atomic E-state index is 0.00938. The van der Waals surface area contributed by atoms with Crippen LogP contribution in [0.25, 0.3) is 0 Å². The fourth-order valence-electron chi connectivity index (χ4n) is 3.05. The largest absolute Gasteiger partial charge is 0.378 e. The van der Waals surface area contributed by atoms with Crippen LogP contribution in [0.1, 0.15) is 29.6 Å². The first-order chi connectivity index (χ1) is 9.61. The SMILES string of the molecule is O=C(c1c(F)cccc1Cl)C1CCOC2(CCOC2)C1. The van der Waals surface area contributed by atoms with Crippen molar-refractivity contribution in [1.29, 1.82) is 0 Å². The fourth-order valence-corrected chi connectivity index (χ4v) is 3.31. The molecule has 2 atom stereocenters. The Bertz CT molecular complexity index is 506. The average Bonchev–Trinajstić information content (AvgIpc) is 2.86. The Morgan fingerprint density at radius 1 is 1.40 bits per heavy atom. The van der Waals surface area contributed by atoms with Crippen LogP contribution in [-0.2, 0) is 9.47 Å². The number of carbonyl (C=O) groups is 1. The van der Waals surface area contributed by atoms with Crippen LogP contribution in [-0.4, -0.2) is 31.2 Å². The minimum Gasteiger partial charge on any atom is -0.378 e. The summed E-state index contributed by atoms with van der Waals surface area (Å²) in [5.74, 6) is -1.02. The standard InChI is InChI=1S/C15H16ClFO3/c16-11-2-1-3-12(17)13(11)14(18)10-4-6-20-15(8-10)5-7-19-9-15/h1-3,10H,4-9H2. The molecule has 0 saturated carbocycles. The maximum absolute atomic E-state index is 13.9. The monoisotopic (exact) mass is 298 g/mol.